The molecule has 1 spiro atoms. The minimum absolute atomic E-state index is 0.452. The van der Waals surface area contributed by atoms with Crippen LogP contribution in [0, 0.1) is 0 Å². The van der Waals surface area contributed by atoms with Crippen molar-refractivity contribution in [3.8, 4) is 0 Å². The van der Waals surface area contributed by atoms with Crippen LogP contribution in [-0.2, 0) is 10.8 Å². The average Bonchev–Trinajstić information content (AvgIpc) is 3.34. The number of hydrogen-bond acceptors (Lipinski definition) is 2. The van der Waals surface area contributed by atoms with Gasteiger partial charge in [0.05, 0.1) is 0 Å². The molecule has 0 saturated carbocycles. The van der Waals surface area contributed by atoms with E-state index in [0.717, 1.165) is 14.4 Å². The zero-order chi connectivity index (χ0) is 11.0. The Hall–Kier alpha value is -0.111. The summed E-state index contributed by atoms with van der Waals surface area (Å²) < 4.78 is 1.05. The van der Waals surface area contributed by atoms with Crippen molar-refractivity contribution in [3.63, 3.8) is 0 Å². The van der Waals surface area contributed by atoms with Gasteiger partial charge in [0.1, 0.15) is 0 Å². The summed E-state index contributed by atoms with van der Waals surface area (Å²) in [7, 11) is 0. The fourth-order valence-corrected chi connectivity index (χ4v) is 96.9. The monoisotopic (exact) mass is 298 g/mol. The van der Waals surface area contributed by atoms with Crippen LogP contribution in [0.2, 0.25) is 38.5 Å². The third-order valence-corrected chi connectivity index (χ3v) is 61.2. The van der Waals surface area contributed by atoms with Crippen LogP contribution in [0.3, 0.4) is 0 Å². The van der Waals surface area contributed by atoms with E-state index in [2.05, 4.69) is 0 Å². The van der Waals surface area contributed by atoms with Gasteiger partial charge in [0.25, 0.3) is 0 Å². The standard InChI is InChI=1S/C9H6ClN2.C5H5.Fe/c10-8-3-2-7(6-8)9-11-4-1-5-12-9;1-2-4-5-3-1;/h1-6H;1-5H;. The minimum atomic E-state index is -3.34. The summed E-state index contributed by atoms with van der Waals surface area (Å²) in [5.41, 5.74) is 0. The van der Waals surface area contributed by atoms with Gasteiger partial charge in [-0.05, 0) is 0 Å². The van der Waals surface area contributed by atoms with Gasteiger partial charge in [-0.2, -0.15) is 0 Å². The van der Waals surface area contributed by atoms with Gasteiger partial charge in [0, 0.05) is 0 Å². The third-order valence-electron chi connectivity index (χ3n) is 15.5. The molecule has 4 heteroatoms. The van der Waals surface area contributed by atoms with Crippen molar-refractivity contribution >= 4 is 11.6 Å². The first-order valence-corrected chi connectivity index (χ1v) is 13.8. The average molecular weight is 299 g/mol. The maximum absolute atomic E-state index is 7.37. The number of hydrogen-bond donors (Lipinski definition) is 0. The number of alkyl halides is 1. The molecule has 11 heterocycles. The molecule has 5 atom stereocenters. The van der Waals surface area contributed by atoms with E-state index < -0.39 is 6.51 Å². The Labute approximate surface area is 98.8 Å². The van der Waals surface area contributed by atoms with E-state index in [4.69, 9.17) is 21.6 Å². The van der Waals surface area contributed by atoms with Crippen LogP contribution >= 0.6 is 11.6 Å². The van der Waals surface area contributed by atoms with E-state index in [0.29, 0.717) is 8.09 Å². The van der Waals surface area contributed by atoms with E-state index in [9.17, 15) is 0 Å². The fourth-order valence-electron chi connectivity index (χ4n) is 17.3. The van der Waals surface area contributed by atoms with Crippen LogP contribution in [-0.4, -0.2) is 13.7 Å². The van der Waals surface area contributed by atoms with E-state index in [1.54, 1.807) is 0 Å². The van der Waals surface area contributed by atoms with Crippen molar-refractivity contribution < 1.29 is 6.51 Å². The summed E-state index contributed by atoms with van der Waals surface area (Å²) in [5.74, 6) is 1.29. The van der Waals surface area contributed by atoms with Gasteiger partial charge in [-0.1, -0.05) is 0 Å². The summed E-state index contributed by atoms with van der Waals surface area (Å²) in [4.78, 5) is 18.9. The van der Waals surface area contributed by atoms with Gasteiger partial charge in [-0.15, -0.1) is 0 Å². The van der Waals surface area contributed by atoms with Gasteiger partial charge in [-0.3, -0.25) is 0 Å². The van der Waals surface area contributed by atoms with Crippen LogP contribution in [0.4, 0.5) is 0 Å². The summed E-state index contributed by atoms with van der Waals surface area (Å²) in [6.45, 7) is -3.34. The maximum atomic E-state index is 7.37. The quantitative estimate of drug-likeness (QED) is 0.586. The number of nitrogens with zero attached hydrogens (tertiary/aromatic N) is 2. The molecule has 10 saturated heterocycles. The van der Waals surface area contributed by atoms with Crippen molar-refractivity contribution in [2.75, 3.05) is 0 Å². The molecule has 1 aromatic rings. The number of halogens is 1. The Balaban J connectivity index is 1.64. The van der Waals surface area contributed by atoms with Crippen LogP contribution in [0.25, 0.3) is 0 Å². The summed E-state index contributed by atoms with van der Waals surface area (Å²) >= 11 is 7.37. The van der Waals surface area contributed by atoms with Gasteiger partial charge in [0.15, 0.2) is 0 Å². The molecular formula is C14H11ClFeN2. The van der Waals surface area contributed by atoms with E-state index >= 15 is 0 Å². The summed E-state index contributed by atoms with van der Waals surface area (Å²) in [6, 6.07) is 1.98. The molecule has 0 bridgehead atoms. The molecular weight excluding hydrogens is 287 g/mol. The van der Waals surface area contributed by atoms with Crippen molar-refractivity contribution in [3.05, 3.63) is 24.3 Å². The zero-order valence-corrected chi connectivity index (χ0v) is 11.3. The fraction of sp³-hybridized carbons (Fsp3) is 0.714. The summed E-state index contributed by atoms with van der Waals surface area (Å²) in [6.07, 6.45) is 3.96. The number of rotatable bonds is 1. The third kappa shape index (κ3) is 0.0612. The Bertz CT molecular complexity index is 1180. The van der Waals surface area contributed by atoms with Crippen molar-refractivity contribution in [2.45, 2.75) is 46.6 Å². The molecule has 1 aromatic heterocycles. The van der Waals surface area contributed by atoms with Crippen LogP contribution in [0.15, 0.2) is 18.5 Å². The molecule has 0 N–H and O–H groups in total. The number of aromatic nitrogens is 2. The van der Waals surface area contributed by atoms with Gasteiger partial charge >= 0.3 is 99.0 Å². The SMILES string of the molecule is Cl[C]12[CH]3[CH]4[C]5(c6ncccn6)[CH]1[Fe]34251678[CH]2[CH]1[CH]6[CH]7[CH]28. The molecule has 10 aliphatic rings. The molecule has 0 radical (unpaired) electrons. The molecule has 92 valence electrons. The Morgan fingerprint density at radius 2 is 1.61 bits per heavy atom. The molecule has 5 unspecified atom stereocenters. The van der Waals surface area contributed by atoms with Crippen LogP contribution in [0.5, 0.6) is 0 Å². The second-order valence-electron chi connectivity index (χ2n) is 10.8. The number of fused-ring (bicyclic) bond motifs is 10. The molecule has 0 aliphatic carbocycles. The molecule has 11 rings (SSSR count). The van der Waals surface area contributed by atoms with Crippen molar-refractivity contribution in [1.82, 2.24) is 9.97 Å². The Kier molecular flexibility index (Phi) is 0.197. The van der Waals surface area contributed by atoms with Crippen molar-refractivity contribution in [2.24, 2.45) is 0 Å². The molecule has 2 nitrogen and oxygen atoms in total. The zero-order valence-electron chi connectivity index (χ0n) is 9.48. The Morgan fingerprint density at radius 1 is 1.00 bits per heavy atom. The Morgan fingerprint density at radius 3 is 1.94 bits per heavy atom. The second kappa shape index (κ2) is 0.540. The van der Waals surface area contributed by atoms with Crippen LogP contribution < -0.4 is 0 Å². The van der Waals surface area contributed by atoms with Gasteiger partial charge in [-0.25, -0.2) is 0 Å². The molecule has 0 aromatic carbocycles. The van der Waals surface area contributed by atoms with E-state index in [-0.39, 0.29) is 0 Å². The second-order valence-corrected chi connectivity index (χ2v) is 34.9. The first kappa shape index (κ1) is 6.56. The molecule has 10 fully saturated rings. The van der Waals surface area contributed by atoms with Gasteiger partial charge < -0.3 is 0 Å². The molecule has 18 heavy (non-hydrogen) atoms. The first-order valence-electron chi connectivity index (χ1n) is 7.21. The molecule has 10 aliphatic heterocycles. The van der Waals surface area contributed by atoms with E-state index in [1.165, 1.54) is 29.9 Å². The topological polar surface area (TPSA) is 25.8 Å². The molecule has 0 amide bonds. The predicted molar refractivity (Wildman–Crippen MR) is 62.3 cm³/mol. The van der Waals surface area contributed by atoms with Gasteiger partial charge in [0.2, 0.25) is 0 Å². The summed E-state index contributed by atoms with van der Waals surface area (Å²) in [5, 5.41) is 0. The first-order chi connectivity index (χ1) is 8.54. The normalized spacial score (nSPS) is 117. The van der Waals surface area contributed by atoms with Crippen LogP contribution in [0.1, 0.15) is 5.82 Å². The van der Waals surface area contributed by atoms with E-state index in [1.807, 2.05) is 18.5 Å². The van der Waals surface area contributed by atoms with Crippen molar-refractivity contribution in [1.29, 1.82) is 0 Å². The predicted octanol–water partition coefficient (Wildman–Crippen LogP) is 3.42.